The largest absolute Gasteiger partial charge is 0.398 e. The number of carbonyl (C=O) groups is 2. The Kier molecular flexibility index (Phi) is 7.65. The van der Waals surface area contributed by atoms with Gasteiger partial charge in [-0.3, -0.25) is 9.59 Å². The molecule has 0 aliphatic heterocycles. The first kappa shape index (κ1) is 22.3. The molecule has 0 spiro atoms. The molecule has 2 amide bonds. The Hall–Kier alpha value is -3.02. The van der Waals surface area contributed by atoms with E-state index in [0.29, 0.717) is 55.1 Å². The quantitative estimate of drug-likeness (QED) is 0.669. The van der Waals surface area contributed by atoms with E-state index in [-0.39, 0.29) is 11.8 Å². The number of hydrogen-bond acceptors (Lipinski definition) is 4. The minimum atomic E-state index is -0.0657. The first-order chi connectivity index (χ1) is 13.9. The van der Waals surface area contributed by atoms with Gasteiger partial charge in [0.05, 0.1) is 11.1 Å². The van der Waals surface area contributed by atoms with Crippen molar-refractivity contribution in [2.45, 2.75) is 34.1 Å². The molecule has 0 heterocycles. The van der Waals surface area contributed by atoms with E-state index in [2.05, 4.69) is 0 Å². The summed E-state index contributed by atoms with van der Waals surface area (Å²) < 4.78 is 0. The maximum absolute atomic E-state index is 12.7. The zero-order valence-electron chi connectivity index (χ0n) is 17.9. The Labute approximate surface area is 173 Å². The van der Waals surface area contributed by atoms with Crippen molar-refractivity contribution in [1.29, 1.82) is 0 Å². The number of hydrogen-bond donors (Lipinski definition) is 2. The molecule has 0 saturated heterocycles. The van der Waals surface area contributed by atoms with Crippen LogP contribution in [0.1, 0.15) is 59.5 Å². The first-order valence-electron chi connectivity index (χ1n) is 10.2. The molecule has 2 rings (SSSR count). The van der Waals surface area contributed by atoms with Gasteiger partial charge >= 0.3 is 0 Å². The van der Waals surface area contributed by atoms with Gasteiger partial charge in [-0.25, -0.2) is 0 Å². The number of nitrogens with zero attached hydrogens (tertiary/aromatic N) is 2. The maximum atomic E-state index is 12.7. The van der Waals surface area contributed by atoms with E-state index in [9.17, 15) is 9.59 Å². The van der Waals surface area contributed by atoms with Crippen molar-refractivity contribution < 1.29 is 9.59 Å². The highest BCUT2D eigenvalue weighted by Crippen LogP contribution is 2.22. The summed E-state index contributed by atoms with van der Waals surface area (Å²) in [5.74, 6) is -0.131. The van der Waals surface area contributed by atoms with Gasteiger partial charge in [0.2, 0.25) is 0 Å². The van der Waals surface area contributed by atoms with Gasteiger partial charge in [0.25, 0.3) is 11.8 Å². The first-order valence-corrected chi connectivity index (χ1v) is 10.2. The number of carbonyl (C=O) groups excluding carboxylic acids is 2. The average molecular weight is 397 g/mol. The summed E-state index contributed by atoms with van der Waals surface area (Å²) >= 11 is 0. The lowest BCUT2D eigenvalue weighted by molar-refractivity contribution is 0.0766. The molecule has 0 bridgehead atoms. The summed E-state index contributed by atoms with van der Waals surface area (Å²) in [7, 11) is 0. The Balaban J connectivity index is 2.33. The molecule has 0 aliphatic rings. The van der Waals surface area contributed by atoms with E-state index >= 15 is 0 Å². The van der Waals surface area contributed by atoms with Gasteiger partial charge in [0, 0.05) is 37.6 Å². The van der Waals surface area contributed by atoms with Crippen molar-refractivity contribution in [1.82, 2.24) is 9.80 Å². The van der Waals surface area contributed by atoms with Gasteiger partial charge in [0.15, 0.2) is 0 Å². The van der Waals surface area contributed by atoms with Crippen LogP contribution in [-0.2, 0) is 6.42 Å². The summed E-state index contributed by atoms with van der Waals surface area (Å²) in [6.45, 7) is 10.3. The van der Waals surface area contributed by atoms with Crippen LogP contribution in [-0.4, -0.2) is 47.8 Å². The van der Waals surface area contributed by atoms with Gasteiger partial charge in [0.1, 0.15) is 0 Å². The molecule has 6 heteroatoms. The Morgan fingerprint density at radius 3 is 1.34 bits per heavy atom. The van der Waals surface area contributed by atoms with Crippen molar-refractivity contribution in [3.05, 3.63) is 58.7 Å². The van der Waals surface area contributed by atoms with E-state index in [1.54, 1.807) is 21.9 Å². The normalized spacial score (nSPS) is 10.6. The van der Waals surface area contributed by atoms with Crippen LogP contribution in [0.15, 0.2) is 36.4 Å². The molecular weight excluding hydrogens is 364 g/mol. The van der Waals surface area contributed by atoms with Crippen molar-refractivity contribution in [3.63, 3.8) is 0 Å². The minimum absolute atomic E-state index is 0.0657. The van der Waals surface area contributed by atoms with E-state index < -0.39 is 0 Å². The van der Waals surface area contributed by atoms with Crippen molar-refractivity contribution in [2.75, 3.05) is 37.6 Å². The maximum Gasteiger partial charge on any atom is 0.255 e. The molecule has 0 atom stereocenters. The van der Waals surface area contributed by atoms with E-state index in [4.69, 9.17) is 11.5 Å². The van der Waals surface area contributed by atoms with Crippen molar-refractivity contribution >= 4 is 23.2 Å². The Bertz CT molecular complexity index is 800. The SMILES string of the molecule is CCN(CC)C(=O)c1cc(Cc2ccc(N)c(C(=O)N(CC)CC)c2)ccc1N. The standard InChI is InChI=1S/C23H32N4O2/c1-5-26(6-2)22(28)18-14-16(9-11-20(18)24)13-17-10-12-21(25)19(15-17)23(29)27(7-3)8-4/h9-12,14-15H,5-8,13,24-25H2,1-4H3. The number of benzene rings is 2. The fourth-order valence-electron chi connectivity index (χ4n) is 3.40. The number of rotatable bonds is 8. The molecule has 2 aromatic carbocycles. The van der Waals surface area contributed by atoms with Crippen LogP contribution in [0.2, 0.25) is 0 Å². The molecule has 0 fully saturated rings. The van der Waals surface area contributed by atoms with Gasteiger partial charge in [-0.1, -0.05) is 12.1 Å². The molecule has 2 aromatic rings. The molecule has 0 aliphatic carbocycles. The second-order valence-electron chi connectivity index (χ2n) is 6.97. The van der Waals surface area contributed by atoms with Crippen LogP contribution in [0.3, 0.4) is 0 Å². The van der Waals surface area contributed by atoms with Crippen LogP contribution in [0.25, 0.3) is 0 Å². The lowest BCUT2D eigenvalue weighted by Crippen LogP contribution is -2.31. The Morgan fingerprint density at radius 2 is 1.03 bits per heavy atom. The fraction of sp³-hybridized carbons (Fsp3) is 0.391. The van der Waals surface area contributed by atoms with Crippen LogP contribution in [0.4, 0.5) is 11.4 Å². The minimum Gasteiger partial charge on any atom is -0.398 e. The van der Waals surface area contributed by atoms with Gasteiger partial charge < -0.3 is 21.3 Å². The van der Waals surface area contributed by atoms with Crippen LogP contribution in [0.5, 0.6) is 0 Å². The molecule has 0 radical (unpaired) electrons. The predicted octanol–water partition coefficient (Wildman–Crippen LogP) is 3.41. The van der Waals surface area contributed by atoms with E-state index in [0.717, 1.165) is 11.1 Å². The third-order valence-electron chi connectivity index (χ3n) is 5.21. The van der Waals surface area contributed by atoms with E-state index in [1.165, 1.54) is 0 Å². The summed E-state index contributed by atoms with van der Waals surface area (Å²) in [4.78, 5) is 29.0. The summed E-state index contributed by atoms with van der Waals surface area (Å²) in [5.41, 5.74) is 16.0. The monoisotopic (exact) mass is 396 g/mol. The zero-order valence-corrected chi connectivity index (χ0v) is 17.9. The Morgan fingerprint density at radius 1 is 0.690 bits per heavy atom. The van der Waals surface area contributed by atoms with Gasteiger partial charge in [-0.05, 0) is 69.5 Å². The second kappa shape index (κ2) is 9.96. The molecule has 4 N–H and O–H groups in total. The molecule has 0 aromatic heterocycles. The number of nitrogen functional groups attached to an aromatic ring is 2. The highest BCUT2D eigenvalue weighted by molar-refractivity contribution is 6.00. The molecule has 156 valence electrons. The lowest BCUT2D eigenvalue weighted by Gasteiger charge is -2.21. The molecule has 0 unspecified atom stereocenters. The predicted molar refractivity (Wildman–Crippen MR) is 119 cm³/mol. The molecule has 29 heavy (non-hydrogen) atoms. The zero-order chi connectivity index (χ0) is 21.6. The van der Waals surface area contributed by atoms with Crippen molar-refractivity contribution in [3.8, 4) is 0 Å². The third-order valence-corrected chi connectivity index (χ3v) is 5.21. The van der Waals surface area contributed by atoms with Crippen LogP contribution < -0.4 is 11.5 Å². The number of anilines is 2. The highest BCUT2D eigenvalue weighted by Gasteiger charge is 2.18. The molecular formula is C23H32N4O2. The lowest BCUT2D eigenvalue weighted by atomic mass is 9.98. The van der Waals surface area contributed by atoms with Crippen LogP contribution >= 0.6 is 0 Å². The molecule has 6 nitrogen and oxygen atoms in total. The summed E-state index contributed by atoms with van der Waals surface area (Å²) in [5, 5.41) is 0. The number of nitrogens with two attached hydrogens (primary N) is 2. The molecule has 0 saturated carbocycles. The fourth-order valence-corrected chi connectivity index (χ4v) is 3.40. The van der Waals surface area contributed by atoms with Crippen LogP contribution in [0, 0.1) is 0 Å². The summed E-state index contributed by atoms with van der Waals surface area (Å²) in [6.07, 6.45) is 0.581. The second-order valence-corrected chi connectivity index (χ2v) is 6.97. The number of amides is 2. The summed E-state index contributed by atoms with van der Waals surface area (Å²) in [6, 6.07) is 11.1. The third kappa shape index (κ3) is 5.08. The topological polar surface area (TPSA) is 92.7 Å². The van der Waals surface area contributed by atoms with Gasteiger partial charge in [-0.2, -0.15) is 0 Å². The highest BCUT2D eigenvalue weighted by atomic mass is 16.2. The van der Waals surface area contributed by atoms with Gasteiger partial charge in [-0.15, -0.1) is 0 Å². The van der Waals surface area contributed by atoms with Crippen molar-refractivity contribution in [2.24, 2.45) is 0 Å². The smallest absolute Gasteiger partial charge is 0.255 e. The average Bonchev–Trinajstić information content (AvgIpc) is 2.72. The van der Waals surface area contributed by atoms with E-state index in [1.807, 2.05) is 52.0 Å².